The Balaban J connectivity index is 2.20. The van der Waals surface area contributed by atoms with E-state index in [9.17, 15) is 4.79 Å². The van der Waals surface area contributed by atoms with Crippen LogP contribution in [-0.2, 0) is 6.54 Å². The van der Waals surface area contributed by atoms with Gasteiger partial charge in [-0.15, -0.1) is 0 Å². The maximum Gasteiger partial charge on any atom is 0.404 e. The minimum atomic E-state index is -1.03. The average Bonchev–Trinajstić information content (AvgIpc) is 2.52. The van der Waals surface area contributed by atoms with Crippen LogP contribution in [0.5, 0.6) is 5.75 Å². The van der Waals surface area contributed by atoms with Crippen LogP contribution in [0.25, 0.3) is 11.1 Å². The Morgan fingerprint density at radius 3 is 2.57 bits per heavy atom. The van der Waals surface area contributed by atoms with Crippen LogP contribution in [0, 0.1) is 0 Å². The molecule has 21 heavy (non-hydrogen) atoms. The lowest BCUT2D eigenvalue weighted by molar-refractivity contribution is 0.194. The third-order valence-corrected chi connectivity index (χ3v) is 2.98. The lowest BCUT2D eigenvalue weighted by atomic mass is 9.99. The summed E-state index contributed by atoms with van der Waals surface area (Å²) in [5.41, 5.74) is 2.95. The smallest absolute Gasteiger partial charge is 0.404 e. The van der Waals surface area contributed by atoms with Crippen LogP contribution in [0.3, 0.4) is 0 Å². The molecule has 0 saturated heterocycles. The topological polar surface area (TPSA) is 58.6 Å². The van der Waals surface area contributed by atoms with Crippen LogP contribution in [0.4, 0.5) is 4.79 Å². The number of carbonyl (C=O) groups is 1. The van der Waals surface area contributed by atoms with Crippen LogP contribution >= 0.6 is 0 Å². The van der Waals surface area contributed by atoms with Gasteiger partial charge in [0.2, 0.25) is 0 Å². The molecule has 0 heterocycles. The SMILES string of the molecule is C=CCOc1ccc(-c2ccccc2CNC(=O)O)cc1. The van der Waals surface area contributed by atoms with Crippen molar-refractivity contribution in [3.8, 4) is 16.9 Å². The highest BCUT2D eigenvalue weighted by atomic mass is 16.5. The first kappa shape index (κ1) is 14.7. The predicted octanol–water partition coefficient (Wildman–Crippen LogP) is 3.69. The summed E-state index contributed by atoms with van der Waals surface area (Å²) in [5.74, 6) is 0.778. The van der Waals surface area contributed by atoms with Crippen molar-refractivity contribution in [1.82, 2.24) is 5.32 Å². The van der Waals surface area contributed by atoms with Gasteiger partial charge in [0.05, 0.1) is 0 Å². The molecular weight excluding hydrogens is 266 g/mol. The number of rotatable bonds is 6. The second-order valence-corrected chi connectivity index (χ2v) is 4.44. The van der Waals surface area contributed by atoms with Crippen LogP contribution in [0.2, 0.25) is 0 Å². The Morgan fingerprint density at radius 2 is 1.90 bits per heavy atom. The number of hydrogen-bond donors (Lipinski definition) is 2. The molecule has 2 rings (SSSR count). The van der Waals surface area contributed by atoms with Crippen LogP contribution in [0.1, 0.15) is 5.56 Å². The fourth-order valence-corrected chi connectivity index (χ4v) is 2.01. The van der Waals surface area contributed by atoms with Gasteiger partial charge in [0.1, 0.15) is 12.4 Å². The lowest BCUT2D eigenvalue weighted by Crippen LogP contribution is -2.20. The fraction of sp³-hybridized carbons (Fsp3) is 0.118. The van der Waals surface area contributed by atoms with Gasteiger partial charge in [-0.3, -0.25) is 0 Å². The van der Waals surface area contributed by atoms with Crippen molar-refractivity contribution in [2.24, 2.45) is 0 Å². The second-order valence-electron chi connectivity index (χ2n) is 4.44. The third kappa shape index (κ3) is 4.11. The normalized spacial score (nSPS) is 9.90. The molecule has 0 aliphatic carbocycles. The lowest BCUT2D eigenvalue weighted by Gasteiger charge is -2.10. The zero-order chi connectivity index (χ0) is 15.1. The number of nitrogens with one attached hydrogen (secondary N) is 1. The molecule has 0 bridgehead atoms. The van der Waals surface area contributed by atoms with E-state index in [1.807, 2.05) is 48.5 Å². The summed E-state index contributed by atoms with van der Waals surface area (Å²) in [7, 11) is 0. The van der Waals surface area contributed by atoms with Gasteiger partial charge in [0, 0.05) is 6.54 Å². The monoisotopic (exact) mass is 283 g/mol. The van der Waals surface area contributed by atoms with Gasteiger partial charge in [0.25, 0.3) is 0 Å². The van der Waals surface area contributed by atoms with Crippen LogP contribution in [0.15, 0.2) is 61.2 Å². The largest absolute Gasteiger partial charge is 0.490 e. The molecule has 0 radical (unpaired) electrons. The van der Waals surface area contributed by atoms with Crippen molar-refractivity contribution in [2.45, 2.75) is 6.54 Å². The standard InChI is InChI=1S/C17H17NO3/c1-2-11-21-15-9-7-13(8-10-15)16-6-4-3-5-14(16)12-18-17(19)20/h2-10,18H,1,11-12H2,(H,19,20). The van der Waals surface area contributed by atoms with E-state index in [0.29, 0.717) is 6.61 Å². The van der Waals surface area contributed by atoms with Gasteiger partial charge in [0.15, 0.2) is 0 Å². The maximum atomic E-state index is 10.6. The number of benzene rings is 2. The maximum absolute atomic E-state index is 10.6. The van der Waals surface area contributed by atoms with Gasteiger partial charge in [-0.25, -0.2) is 4.79 Å². The van der Waals surface area contributed by atoms with Crippen molar-refractivity contribution in [1.29, 1.82) is 0 Å². The number of hydrogen-bond acceptors (Lipinski definition) is 2. The molecule has 0 unspecified atom stereocenters. The van der Waals surface area contributed by atoms with E-state index in [2.05, 4.69) is 11.9 Å². The molecule has 0 aliphatic rings. The zero-order valence-electron chi connectivity index (χ0n) is 11.6. The molecule has 1 amide bonds. The van der Waals surface area contributed by atoms with Gasteiger partial charge < -0.3 is 15.2 Å². The molecule has 4 nitrogen and oxygen atoms in total. The first-order valence-electron chi connectivity index (χ1n) is 6.59. The summed E-state index contributed by atoms with van der Waals surface area (Å²) in [5, 5.41) is 11.1. The Morgan fingerprint density at radius 1 is 1.19 bits per heavy atom. The van der Waals surface area contributed by atoms with Gasteiger partial charge >= 0.3 is 6.09 Å². The number of carboxylic acid groups (broad SMARTS) is 1. The summed E-state index contributed by atoms with van der Waals surface area (Å²) >= 11 is 0. The van der Waals surface area contributed by atoms with E-state index in [0.717, 1.165) is 22.4 Å². The number of ether oxygens (including phenoxy) is 1. The highest BCUT2D eigenvalue weighted by molar-refractivity contribution is 5.69. The Bertz CT molecular complexity index is 620. The zero-order valence-corrected chi connectivity index (χ0v) is 11.6. The van der Waals surface area contributed by atoms with E-state index in [1.165, 1.54) is 0 Å². The molecule has 2 N–H and O–H groups in total. The molecule has 108 valence electrons. The minimum Gasteiger partial charge on any atom is -0.490 e. The molecule has 0 atom stereocenters. The highest BCUT2D eigenvalue weighted by Crippen LogP contribution is 2.25. The van der Waals surface area contributed by atoms with E-state index in [-0.39, 0.29) is 6.54 Å². The van der Waals surface area contributed by atoms with Gasteiger partial charge in [-0.1, -0.05) is 49.1 Å². The summed E-state index contributed by atoms with van der Waals surface area (Å²) in [4.78, 5) is 10.6. The molecule has 0 aromatic heterocycles. The van der Waals surface area contributed by atoms with Crippen LogP contribution < -0.4 is 10.1 Å². The molecule has 4 heteroatoms. The fourth-order valence-electron chi connectivity index (χ4n) is 2.01. The van der Waals surface area contributed by atoms with E-state index in [4.69, 9.17) is 9.84 Å². The van der Waals surface area contributed by atoms with Crippen molar-refractivity contribution in [3.63, 3.8) is 0 Å². The number of amides is 1. The molecule has 2 aromatic carbocycles. The Labute approximate surface area is 123 Å². The molecule has 0 aliphatic heterocycles. The molecular formula is C17H17NO3. The quantitative estimate of drug-likeness (QED) is 0.795. The summed E-state index contributed by atoms with van der Waals surface area (Å²) < 4.78 is 5.45. The summed E-state index contributed by atoms with van der Waals surface area (Å²) in [6.07, 6.45) is 0.666. The molecule has 0 spiro atoms. The molecule has 0 fully saturated rings. The predicted molar refractivity (Wildman–Crippen MR) is 82.4 cm³/mol. The Kier molecular flexibility index (Phi) is 4.99. The Hall–Kier alpha value is -2.75. The van der Waals surface area contributed by atoms with Crippen molar-refractivity contribution < 1.29 is 14.6 Å². The minimum absolute atomic E-state index is 0.278. The summed E-state index contributed by atoms with van der Waals surface area (Å²) in [6, 6.07) is 15.4. The van der Waals surface area contributed by atoms with Crippen molar-refractivity contribution in [2.75, 3.05) is 6.61 Å². The first-order chi connectivity index (χ1) is 10.2. The van der Waals surface area contributed by atoms with Crippen LogP contribution in [-0.4, -0.2) is 17.8 Å². The molecule has 2 aromatic rings. The van der Waals surface area contributed by atoms with Crippen molar-refractivity contribution >= 4 is 6.09 Å². The van der Waals surface area contributed by atoms with E-state index >= 15 is 0 Å². The van der Waals surface area contributed by atoms with Gasteiger partial charge in [-0.05, 0) is 28.8 Å². The summed E-state index contributed by atoms with van der Waals surface area (Å²) in [6.45, 7) is 4.36. The third-order valence-electron chi connectivity index (χ3n) is 2.98. The van der Waals surface area contributed by atoms with E-state index in [1.54, 1.807) is 6.08 Å². The highest BCUT2D eigenvalue weighted by Gasteiger charge is 2.06. The first-order valence-corrected chi connectivity index (χ1v) is 6.59. The second kappa shape index (κ2) is 7.14. The van der Waals surface area contributed by atoms with E-state index < -0.39 is 6.09 Å². The van der Waals surface area contributed by atoms with Crippen molar-refractivity contribution in [3.05, 3.63) is 66.7 Å². The van der Waals surface area contributed by atoms with Gasteiger partial charge in [-0.2, -0.15) is 0 Å². The molecule has 0 saturated carbocycles. The average molecular weight is 283 g/mol.